The van der Waals surface area contributed by atoms with E-state index in [-0.39, 0.29) is 18.0 Å². The molecule has 1 fully saturated rings. The fraction of sp³-hybridized carbons (Fsp3) is 0.375. The van der Waals surface area contributed by atoms with Crippen molar-refractivity contribution in [3.63, 3.8) is 0 Å². The predicted octanol–water partition coefficient (Wildman–Crippen LogP) is 3.84. The number of aromatic nitrogens is 2. The van der Waals surface area contributed by atoms with Crippen LogP contribution in [0.4, 0.5) is 4.79 Å². The number of amides is 2. The first-order valence-electron chi connectivity index (χ1n) is 10.7. The van der Waals surface area contributed by atoms with Crippen LogP contribution in [0.25, 0.3) is 10.9 Å². The van der Waals surface area contributed by atoms with Gasteiger partial charge in [0.2, 0.25) is 0 Å². The molecule has 1 aliphatic rings. The molecule has 1 aliphatic heterocycles. The smallest absolute Gasteiger partial charge is 0.409 e. The van der Waals surface area contributed by atoms with Gasteiger partial charge in [-0.15, -0.1) is 0 Å². The monoisotopic (exact) mass is 420 g/mol. The van der Waals surface area contributed by atoms with E-state index >= 15 is 0 Å². The molecular formula is C24H28N4O3. The van der Waals surface area contributed by atoms with Crippen LogP contribution in [-0.2, 0) is 18.3 Å². The number of pyridine rings is 1. The Labute approximate surface area is 182 Å². The Bertz CT molecular complexity index is 1060. The molecule has 1 saturated heterocycles. The van der Waals surface area contributed by atoms with E-state index in [0.717, 1.165) is 29.4 Å². The third kappa shape index (κ3) is 4.40. The molecule has 162 valence electrons. The van der Waals surface area contributed by atoms with Crippen molar-refractivity contribution in [2.24, 2.45) is 7.05 Å². The maximum absolute atomic E-state index is 13.5. The second-order valence-electron chi connectivity index (χ2n) is 7.85. The van der Waals surface area contributed by atoms with Gasteiger partial charge in [-0.3, -0.25) is 9.78 Å². The summed E-state index contributed by atoms with van der Waals surface area (Å²) in [6.07, 6.45) is 4.44. The highest BCUT2D eigenvalue weighted by molar-refractivity contribution is 5.94. The summed E-state index contributed by atoms with van der Waals surface area (Å²) in [7, 11) is 2.04. The maximum Gasteiger partial charge on any atom is 0.409 e. The Morgan fingerprint density at radius 2 is 1.94 bits per heavy atom. The van der Waals surface area contributed by atoms with E-state index in [9.17, 15) is 9.59 Å². The lowest BCUT2D eigenvalue weighted by molar-refractivity contribution is 0.0511. The number of rotatable bonds is 5. The number of fused-ring (bicyclic) bond motifs is 1. The highest BCUT2D eigenvalue weighted by Gasteiger charge is 2.31. The molecule has 0 saturated carbocycles. The van der Waals surface area contributed by atoms with Crippen LogP contribution in [0.15, 0.2) is 54.9 Å². The van der Waals surface area contributed by atoms with Crippen LogP contribution in [0.1, 0.15) is 35.8 Å². The van der Waals surface area contributed by atoms with Crippen molar-refractivity contribution in [1.29, 1.82) is 0 Å². The second-order valence-corrected chi connectivity index (χ2v) is 7.85. The fourth-order valence-corrected chi connectivity index (χ4v) is 4.27. The Morgan fingerprint density at radius 1 is 1.16 bits per heavy atom. The average molecular weight is 421 g/mol. The van der Waals surface area contributed by atoms with Crippen molar-refractivity contribution in [2.45, 2.75) is 32.4 Å². The van der Waals surface area contributed by atoms with Crippen molar-refractivity contribution < 1.29 is 14.3 Å². The van der Waals surface area contributed by atoms with Gasteiger partial charge in [-0.05, 0) is 49.4 Å². The van der Waals surface area contributed by atoms with E-state index in [1.54, 1.807) is 29.4 Å². The van der Waals surface area contributed by atoms with Gasteiger partial charge in [-0.25, -0.2) is 4.79 Å². The van der Waals surface area contributed by atoms with Gasteiger partial charge in [0.05, 0.1) is 18.7 Å². The number of hydrogen-bond acceptors (Lipinski definition) is 4. The highest BCUT2D eigenvalue weighted by Crippen LogP contribution is 2.25. The lowest BCUT2D eigenvalue weighted by Gasteiger charge is -2.38. The molecule has 0 spiro atoms. The summed E-state index contributed by atoms with van der Waals surface area (Å²) >= 11 is 0. The van der Waals surface area contributed by atoms with Gasteiger partial charge >= 0.3 is 6.09 Å². The second kappa shape index (κ2) is 9.20. The molecule has 4 rings (SSSR count). The van der Waals surface area contributed by atoms with E-state index in [1.165, 1.54) is 0 Å². The van der Waals surface area contributed by atoms with Crippen molar-refractivity contribution >= 4 is 22.9 Å². The Hall–Kier alpha value is -3.35. The molecule has 0 atom stereocenters. The van der Waals surface area contributed by atoms with Crippen LogP contribution >= 0.6 is 0 Å². The number of para-hydroxylation sites is 1. The minimum Gasteiger partial charge on any atom is -0.450 e. The summed E-state index contributed by atoms with van der Waals surface area (Å²) in [5.41, 5.74) is 2.80. The highest BCUT2D eigenvalue weighted by atomic mass is 16.6. The third-order valence-corrected chi connectivity index (χ3v) is 5.98. The molecule has 0 aliphatic carbocycles. The van der Waals surface area contributed by atoms with Gasteiger partial charge in [0.25, 0.3) is 5.91 Å². The van der Waals surface area contributed by atoms with Crippen molar-refractivity contribution in [1.82, 2.24) is 19.4 Å². The number of nitrogens with zero attached hydrogens (tertiary/aromatic N) is 4. The molecule has 1 aromatic carbocycles. The minimum atomic E-state index is -0.278. The number of ether oxygens (including phenoxy) is 1. The van der Waals surface area contributed by atoms with Crippen LogP contribution in [-0.4, -0.2) is 57.1 Å². The molecule has 0 N–H and O–H groups in total. The Kier molecular flexibility index (Phi) is 6.21. The third-order valence-electron chi connectivity index (χ3n) is 5.98. The molecule has 7 nitrogen and oxygen atoms in total. The number of carbonyl (C=O) groups excluding carboxylic acids is 2. The molecule has 3 aromatic rings. The first kappa shape index (κ1) is 20.9. The standard InChI is InChI=1S/C24H28N4O3/c1-3-31-24(30)27-13-10-20(11-14-27)28(23(29)19-8-6-12-25-16-19)17-21-15-18-7-4-5-9-22(18)26(21)2/h4-9,12,15-16,20H,3,10-11,13-14,17H2,1-2H3. The summed E-state index contributed by atoms with van der Waals surface area (Å²) in [4.78, 5) is 33.3. The molecule has 3 heterocycles. The first-order chi connectivity index (χ1) is 15.1. The molecular weight excluding hydrogens is 392 g/mol. The number of piperidine rings is 1. The van der Waals surface area contributed by atoms with Crippen LogP contribution in [0.2, 0.25) is 0 Å². The molecule has 2 aromatic heterocycles. The van der Waals surface area contributed by atoms with Crippen LogP contribution in [0.3, 0.4) is 0 Å². The van der Waals surface area contributed by atoms with E-state index in [1.807, 2.05) is 31.0 Å². The first-order valence-corrected chi connectivity index (χ1v) is 10.7. The number of benzene rings is 1. The van der Waals surface area contributed by atoms with E-state index in [0.29, 0.717) is 31.8 Å². The molecule has 2 amide bonds. The van der Waals surface area contributed by atoms with Crippen molar-refractivity contribution in [3.05, 3.63) is 66.1 Å². The van der Waals surface area contributed by atoms with Gasteiger partial charge in [-0.2, -0.15) is 0 Å². The zero-order valence-electron chi connectivity index (χ0n) is 18.0. The molecule has 0 unspecified atom stereocenters. The predicted molar refractivity (Wildman–Crippen MR) is 119 cm³/mol. The number of aryl methyl sites for hydroxylation is 1. The zero-order valence-corrected chi connectivity index (χ0v) is 18.0. The van der Waals surface area contributed by atoms with Gasteiger partial charge in [-0.1, -0.05) is 18.2 Å². The number of hydrogen-bond donors (Lipinski definition) is 0. The lowest BCUT2D eigenvalue weighted by atomic mass is 10.0. The van der Waals surface area contributed by atoms with E-state index in [2.05, 4.69) is 27.8 Å². The zero-order chi connectivity index (χ0) is 21.8. The van der Waals surface area contributed by atoms with Crippen LogP contribution in [0, 0.1) is 0 Å². The quantitative estimate of drug-likeness (QED) is 0.629. The number of likely N-dealkylation sites (tertiary alicyclic amines) is 1. The topological polar surface area (TPSA) is 67.7 Å². The Balaban J connectivity index is 1.58. The summed E-state index contributed by atoms with van der Waals surface area (Å²) in [6, 6.07) is 14.0. The maximum atomic E-state index is 13.5. The van der Waals surface area contributed by atoms with Gasteiger partial charge in [0.15, 0.2) is 0 Å². The summed E-state index contributed by atoms with van der Waals surface area (Å²) in [5, 5.41) is 1.16. The van der Waals surface area contributed by atoms with Gasteiger partial charge in [0, 0.05) is 49.8 Å². The van der Waals surface area contributed by atoms with E-state index in [4.69, 9.17) is 4.74 Å². The fourth-order valence-electron chi connectivity index (χ4n) is 4.27. The average Bonchev–Trinajstić information content (AvgIpc) is 3.13. The molecule has 0 radical (unpaired) electrons. The van der Waals surface area contributed by atoms with Crippen molar-refractivity contribution in [2.75, 3.05) is 19.7 Å². The summed E-state index contributed by atoms with van der Waals surface area (Å²) < 4.78 is 7.28. The number of carbonyl (C=O) groups is 2. The van der Waals surface area contributed by atoms with Crippen LogP contribution < -0.4 is 0 Å². The van der Waals surface area contributed by atoms with Crippen LogP contribution in [0.5, 0.6) is 0 Å². The molecule has 0 bridgehead atoms. The normalized spacial score (nSPS) is 14.6. The van der Waals surface area contributed by atoms with E-state index < -0.39 is 0 Å². The lowest BCUT2D eigenvalue weighted by Crippen LogP contribution is -2.48. The van der Waals surface area contributed by atoms with Gasteiger partial charge < -0.3 is 19.1 Å². The largest absolute Gasteiger partial charge is 0.450 e. The summed E-state index contributed by atoms with van der Waals surface area (Å²) in [6.45, 7) is 3.84. The van der Waals surface area contributed by atoms with Crippen molar-refractivity contribution in [3.8, 4) is 0 Å². The molecule has 31 heavy (non-hydrogen) atoms. The summed E-state index contributed by atoms with van der Waals surface area (Å²) in [5.74, 6) is -0.0343. The van der Waals surface area contributed by atoms with Gasteiger partial charge in [0.1, 0.15) is 0 Å². The minimum absolute atomic E-state index is 0.0343. The molecule has 7 heteroatoms. The Morgan fingerprint density at radius 3 is 2.61 bits per heavy atom. The SMILES string of the molecule is CCOC(=O)N1CCC(N(Cc2cc3ccccc3n2C)C(=O)c2cccnc2)CC1.